The molecule has 3 N–H and O–H groups in total. The van der Waals surface area contributed by atoms with Crippen molar-refractivity contribution in [1.29, 1.82) is 0 Å². The molecule has 1 aliphatic heterocycles. The Morgan fingerprint density at radius 3 is 2.29 bits per heavy atom. The number of rotatable bonds is 9. The zero-order chi connectivity index (χ0) is 23.8. The first-order chi connectivity index (χ1) is 14.2. The van der Waals surface area contributed by atoms with Crippen LogP contribution in [0.15, 0.2) is 0 Å². The van der Waals surface area contributed by atoms with Crippen LogP contribution in [0, 0.1) is 11.3 Å². The molecule has 0 aromatic rings. The van der Waals surface area contributed by atoms with Crippen LogP contribution in [0.1, 0.15) is 67.2 Å². The topological polar surface area (TPSA) is 123 Å². The van der Waals surface area contributed by atoms with Gasteiger partial charge in [-0.3, -0.25) is 19.7 Å². The molecule has 1 aliphatic rings. The molecular formula is C22H39N3O6. The molecule has 9 heteroatoms. The Hall–Kier alpha value is -2.16. The molecule has 3 atom stereocenters. The highest BCUT2D eigenvalue weighted by molar-refractivity contribution is 5.88. The highest BCUT2D eigenvalue weighted by Crippen LogP contribution is 2.22. The van der Waals surface area contributed by atoms with Crippen LogP contribution in [0.5, 0.6) is 0 Å². The second-order valence-corrected chi connectivity index (χ2v) is 10.2. The zero-order valence-corrected chi connectivity index (χ0v) is 19.9. The van der Waals surface area contributed by atoms with Gasteiger partial charge in [-0.05, 0) is 51.9 Å². The number of amides is 2. The molecule has 9 nitrogen and oxygen atoms in total. The number of methoxy groups -OCH3 is 1. The summed E-state index contributed by atoms with van der Waals surface area (Å²) >= 11 is 0. The minimum atomic E-state index is -0.947. The normalized spacial score (nSPS) is 19.1. The number of piperidine rings is 1. The summed E-state index contributed by atoms with van der Waals surface area (Å²) in [5, 5.41) is 8.46. The molecule has 0 spiro atoms. The highest BCUT2D eigenvalue weighted by Gasteiger charge is 2.33. The van der Waals surface area contributed by atoms with E-state index in [1.807, 2.05) is 20.8 Å². The minimum Gasteiger partial charge on any atom is -0.467 e. The predicted octanol–water partition coefficient (Wildman–Crippen LogP) is 1.30. The van der Waals surface area contributed by atoms with E-state index in [0.29, 0.717) is 19.4 Å². The Balaban J connectivity index is 2.86. The van der Waals surface area contributed by atoms with Gasteiger partial charge in [-0.2, -0.15) is 0 Å². The van der Waals surface area contributed by atoms with Crippen LogP contribution in [0.3, 0.4) is 0 Å². The Labute approximate surface area is 185 Å². The van der Waals surface area contributed by atoms with E-state index in [2.05, 4.69) is 16.0 Å². The number of ether oxygens (including phenoxy) is 2. The number of carbonyl (C=O) groups excluding carboxylic acids is 4. The summed E-state index contributed by atoms with van der Waals surface area (Å²) in [5.74, 6) is -1.99. The first-order valence-corrected chi connectivity index (χ1v) is 10.8. The van der Waals surface area contributed by atoms with E-state index in [4.69, 9.17) is 9.47 Å². The lowest BCUT2D eigenvalue weighted by Crippen LogP contribution is -2.53. The molecular weight excluding hydrogens is 402 g/mol. The van der Waals surface area contributed by atoms with Crippen LogP contribution in [0.2, 0.25) is 0 Å². The Morgan fingerprint density at radius 2 is 1.77 bits per heavy atom. The molecule has 31 heavy (non-hydrogen) atoms. The summed E-state index contributed by atoms with van der Waals surface area (Å²) in [6.07, 6.45) is 2.07. The van der Waals surface area contributed by atoms with Crippen molar-refractivity contribution in [2.24, 2.45) is 11.3 Å². The van der Waals surface area contributed by atoms with E-state index in [9.17, 15) is 19.2 Å². The summed E-state index contributed by atoms with van der Waals surface area (Å²) in [6, 6.07) is -1.67. The monoisotopic (exact) mass is 441 g/mol. The lowest BCUT2D eigenvalue weighted by Gasteiger charge is -2.29. The standard InChI is InChI=1S/C22H39N3O6/c1-21(2,3)12-16(24-13-17(26)31-22(4,5)6)19(28)25-15(20(29)30-7)11-14-9-8-10-23-18(14)27/h14-16,24H,8-13H2,1-7H3,(H,23,27)(H,25,28)/t14-,15-,16-/m0/s1. The van der Waals surface area contributed by atoms with E-state index >= 15 is 0 Å². The van der Waals surface area contributed by atoms with Crippen molar-refractivity contribution >= 4 is 23.8 Å². The van der Waals surface area contributed by atoms with Gasteiger partial charge < -0.3 is 20.1 Å². The molecule has 1 heterocycles. The number of esters is 2. The van der Waals surface area contributed by atoms with Gasteiger partial charge in [0.25, 0.3) is 0 Å². The van der Waals surface area contributed by atoms with Gasteiger partial charge in [-0.15, -0.1) is 0 Å². The molecule has 1 rings (SSSR count). The predicted molar refractivity (Wildman–Crippen MR) is 116 cm³/mol. The lowest BCUT2D eigenvalue weighted by molar-refractivity contribution is -0.154. The second kappa shape index (κ2) is 11.5. The molecule has 0 bridgehead atoms. The maximum Gasteiger partial charge on any atom is 0.328 e. The van der Waals surface area contributed by atoms with Crippen LogP contribution >= 0.6 is 0 Å². The summed E-state index contributed by atoms with van der Waals surface area (Å²) < 4.78 is 10.1. The molecule has 0 saturated carbocycles. The van der Waals surface area contributed by atoms with Crippen LogP contribution in [-0.2, 0) is 28.7 Å². The molecule has 178 valence electrons. The first kappa shape index (κ1) is 26.9. The second-order valence-electron chi connectivity index (χ2n) is 10.2. The molecule has 0 radical (unpaired) electrons. The van der Waals surface area contributed by atoms with Gasteiger partial charge in [0.2, 0.25) is 11.8 Å². The van der Waals surface area contributed by atoms with Crippen molar-refractivity contribution in [3.63, 3.8) is 0 Å². The van der Waals surface area contributed by atoms with E-state index in [1.165, 1.54) is 7.11 Å². The third-order valence-corrected chi connectivity index (χ3v) is 4.77. The maximum absolute atomic E-state index is 13.0. The van der Waals surface area contributed by atoms with Crippen molar-refractivity contribution in [3.8, 4) is 0 Å². The summed E-state index contributed by atoms with van der Waals surface area (Å²) in [7, 11) is 1.25. The van der Waals surface area contributed by atoms with Crippen molar-refractivity contribution < 1.29 is 28.7 Å². The van der Waals surface area contributed by atoms with Gasteiger partial charge in [0.05, 0.1) is 19.7 Å². The molecule has 0 unspecified atom stereocenters. The number of nitrogens with one attached hydrogen (secondary N) is 3. The third-order valence-electron chi connectivity index (χ3n) is 4.77. The fourth-order valence-corrected chi connectivity index (χ4v) is 3.43. The first-order valence-electron chi connectivity index (χ1n) is 10.8. The smallest absolute Gasteiger partial charge is 0.328 e. The molecule has 0 aromatic heterocycles. The van der Waals surface area contributed by atoms with E-state index in [1.54, 1.807) is 20.8 Å². The minimum absolute atomic E-state index is 0.122. The quantitative estimate of drug-likeness (QED) is 0.461. The van der Waals surface area contributed by atoms with Crippen molar-refractivity contribution in [3.05, 3.63) is 0 Å². The maximum atomic E-state index is 13.0. The molecule has 0 aromatic carbocycles. The SMILES string of the molecule is COC(=O)[C@H](C[C@@H]1CCCNC1=O)NC(=O)[C@H](CC(C)(C)C)NCC(=O)OC(C)(C)C. The number of carbonyl (C=O) groups is 4. The number of hydrogen-bond acceptors (Lipinski definition) is 7. The van der Waals surface area contributed by atoms with Gasteiger partial charge in [-0.1, -0.05) is 20.8 Å². The van der Waals surface area contributed by atoms with Crippen molar-refractivity contribution in [2.75, 3.05) is 20.2 Å². The van der Waals surface area contributed by atoms with E-state index in [-0.39, 0.29) is 30.2 Å². The molecule has 1 fully saturated rings. The fraction of sp³-hybridized carbons (Fsp3) is 0.818. The van der Waals surface area contributed by atoms with Crippen molar-refractivity contribution in [1.82, 2.24) is 16.0 Å². The fourth-order valence-electron chi connectivity index (χ4n) is 3.43. The van der Waals surface area contributed by atoms with Gasteiger partial charge in [0.15, 0.2) is 0 Å². The van der Waals surface area contributed by atoms with Crippen molar-refractivity contribution in [2.45, 2.75) is 84.9 Å². The lowest BCUT2D eigenvalue weighted by atomic mass is 9.87. The van der Waals surface area contributed by atoms with Crippen LogP contribution in [0.4, 0.5) is 0 Å². The van der Waals surface area contributed by atoms with E-state index < -0.39 is 35.5 Å². The Bertz CT molecular complexity index is 651. The van der Waals surface area contributed by atoms with E-state index in [0.717, 1.165) is 6.42 Å². The summed E-state index contributed by atoms with van der Waals surface area (Å²) in [5.41, 5.74) is -0.843. The summed E-state index contributed by atoms with van der Waals surface area (Å²) in [4.78, 5) is 49.5. The van der Waals surface area contributed by atoms with Gasteiger partial charge in [-0.25, -0.2) is 4.79 Å². The average Bonchev–Trinajstić information content (AvgIpc) is 2.63. The molecule has 1 saturated heterocycles. The molecule has 0 aliphatic carbocycles. The van der Waals surface area contributed by atoms with Crippen LogP contribution in [-0.4, -0.2) is 61.6 Å². The largest absolute Gasteiger partial charge is 0.467 e. The Morgan fingerprint density at radius 1 is 1.13 bits per heavy atom. The van der Waals surface area contributed by atoms with Crippen LogP contribution < -0.4 is 16.0 Å². The van der Waals surface area contributed by atoms with Gasteiger partial charge in [0, 0.05) is 12.5 Å². The molecule has 2 amide bonds. The van der Waals surface area contributed by atoms with Crippen LogP contribution in [0.25, 0.3) is 0 Å². The van der Waals surface area contributed by atoms with Gasteiger partial charge >= 0.3 is 11.9 Å². The van der Waals surface area contributed by atoms with Gasteiger partial charge in [0.1, 0.15) is 11.6 Å². The average molecular weight is 442 g/mol. The number of hydrogen-bond donors (Lipinski definition) is 3. The summed E-state index contributed by atoms with van der Waals surface area (Å²) in [6.45, 7) is 11.7. The third kappa shape index (κ3) is 10.6. The zero-order valence-electron chi connectivity index (χ0n) is 19.9. The Kier molecular flexibility index (Phi) is 9.93. The highest BCUT2D eigenvalue weighted by atomic mass is 16.6.